The summed E-state index contributed by atoms with van der Waals surface area (Å²) in [6.45, 7) is 4.64. The Hall–Kier alpha value is -1.79. The molecule has 0 aliphatic heterocycles. The summed E-state index contributed by atoms with van der Waals surface area (Å²) >= 11 is 12.3. The van der Waals surface area contributed by atoms with E-state index >= 15 is 0 Å². The van der Waals surface area contributed by atoms with Crippen molar-refractivity contribution in [3.05, 3.63) is 93.0 Å². The van der Waals surface area contributed by atoms with Crippen LogP contribution in [0.25, 0.3) is 0 Å². The Balaban J connectivity index is 1.40. The first-order valence-corrected chi connectivity index (χ1v) is 11.1. The Kier molecular flexibility index (Phi) is 9.23. The summed E-state index contributed by atoms with van der Waals surface area (Å²) in [7, 11) is 3.38. The Morgan fingerprint density at radius 3 is 1.41 bits per heavy atom. The number of hydrogen-bond acceptors (Lipinski definition) is 4. The van der Waals surface area contributed by atoms with E-state index in [0.29, 0.717) is 23.3 Å². The highest BCUT2D eigenvalue weighted by Crippen LogP contribution is 2.21. The molecule has 4 nitrogen and oxygen atoms in total. The Bertz CT molecular complexity index is 953. The summed E-state index contributed by atoms with van der Waals surface area (Å²) in [5.74, 6) is 0. The summed E-state index contributed by atoms with van der Waals surface area (Å²) in [5, 5.41) is 1.42. The van der Waals surface area contributed by atoms with Crippen molar-refractivity contribution in [1.29, 1.82) is 0 Å². The molecule has 0 amide bonds. The first-order valence-electron chi connectivity index (χ1n) is 10.4. The van der Waals surface area contributed by atoms with Crippen LogP contribution >= 0.6 is 23.2 Å². The minimum absolute atomic E-state index is 0.252. The molecule has 0 aromatic heterocycles. The largest absolute Gasteiger partial charge is 0.432 e. The molecule has 2 atom stereocenters. The third-order valence-electron chi connectivity index (χ3n) is 5.17. The SMILES string of the molecule is Cc1ccc(C(N)CO[B]c2ccc([B]OCC(N)c3ccc(C)c(Cl)c3)cc2)cc1Cl. The highest BCUT2D eigenvalue weighted by molar-refractivity contribution is 6.49. The molecule has 0 spiro atoms. The second-order valence-corrected chi connectivity index (χ2v) is 8.61. The van der Waals surface area contributed by atoms with Crippen molar-refractivity contribution in [3.63, 3.8) is 0 Å². The zero-order chi connectivity index (χ0) is 23.1. The number of hydrogen-bond donors (Lipinski definition) is 2. The van der Waals surface area contributed by atoms with Crippen molar-refractivity contribution in [2.75, 3.05) is 13.2 Å². The second-order valence-electron chi connectivity index (χ2n) is 7.80. The van der Waals surface area contributed by atoms with Crippen LogP contribution in [0.1, 0.15) is 34.3 Å². The third kappa shape index (κ3) is 7.11. The fourth-order valence-corrected chi connectivity index (χ4v) is 3.40. The van der Waals surface area contributed by atoms with Gasteiger partial charge in [0, 0.05) is 23.3 Å². The highest BCUT2D eigenvalue weighted by atomic mass is 35.5. The van der Waals surface area contributed by atoms with Crippen LogP contribution < -0.4 is 22.4 Å². The van der Waals surface area contributed by atoms with Gasteiger partial charge in [-0.25, -0.2) is 0 Å². The first-order chi connectivity index (χ1) is 15.3. The lowest BCUT2D eigenvalue weighted by Crippen LogP contribution is -2.27. The third-order valence-corrected chi connectivity index (χ3v) is 5.99. The molecule has 8 heteroatoms. The van der Waals surface area contributed by atoms with E-state index in [1.165, 1.54) is 0 Å². The van der Waals surface area contributed by atoms with Crippen LogP contribution in [0.15, 0.2) is 60.7 Å². The van der Waals surface area contributed by atoms with E-state index < -0.39 is 0 Å². The number of halogens is 2. The Labute approximate surface area is 201 Å². The van der Waals surface area contributed by atoms with E-state index in [9.17, 15) is 0 Å². The average molecular weight is 467 g/mol. The van der Waals surface area contributed by atoms with Crippen molar-refractivity contribution < 1.29 is 9.31 Å². The van der Waals surface area contributed by atoms with Gasteiger partial charge in [-0.2, -0.15) is 0 Å². The van der Waals surface area contributed by atoms with Crippen LogP contribution in [-0.4, -0.2) is 28.2 Å². The molecule has 0 fully saturated rings. The number of aryl methyl sites for hydroxylation is 2. The number of benzene rings is 3. The molecule has 0 aliphatic carbocycles. The average Bonchev–Trinajstić information content (AvgIpc) is 2.78. The smallest absolute Gasteiger partial charge is 0.330 e. The molecule has 0 saturated heterocycles. The topological polar surface area (TPSA) is 70.5 Å². The van der Waals surface area contributed by atoms with Crippen LogP contribution in [0.5, 0.6) is 0 Å². The first kappa shape index (κ1) is 24.8. The molecule has 2 unspecified atom stereocenters. The van der Waals surface area contributed by atoms with Crippen molar-refractivity contribution in [2.45, 2.75) is 25.9 Å². The molecular weight excluding hydrogens is 441 g/mol. The molecule has 3 aromatic carbocycles. The van der Waals surface area contributed by atoms with E-state index in [0.717, 1.165) is 33.2 Å². The molecule has 0 heterocycles. The lowest BCUT2D eigenvalue weighted by molar-refractivity contribution is 0.310. The number of rotatable bonds is 10. The van der Waals surface area contributed by atoms with Crippen LogP contribution in [0.3, 0.4) is 0 Å². The van der Waals surface area contributed by atoms with Gasteiger partial charge in [-0.05, 0) is 48.2 Å². The fourth-order valence-electron chi connectivity index (χ4n) is 3.02. The monoisotopic (exact) mass is 466 g/mol. The van der Waals surface area contributed by atoms with E-state index in [4.69, 9.17) is 44.0 Å². The molecule has 4 N–H and O–H groups in total. The van der Waals surface area contributed by atoms with Gasteiger partial charge in [0.15, 0.2) is 0 Å². The van der Waals surface area contributed by atoms with Crippen LogP contribution in [-0.2, 0) is 9.31 Å². The van der Waals surface area contributed by atoms with Gasteiger partial charge < -0.3 is 20.8 Å². The molecule has 164 valence electrons. The maximum atomic E-state index is 6.20. The lowest BCUT2D eigenvalue weighted by Gasteiger charge is -2.14. The molecule has 0 aliphatic rings. The maximum Gasteiger partial charge on any atom is 0.330 e. The van der Waals surface area contributed by atoms with E-state index in [-0.39, 0.29) is 12.1 Å². The molecule has 3 rings (SSSR count). The van der Waals surface area contributed by atoms with Gasteiger partial charge in [0.1, 0.15) is 0 Å². The van der Waals surface area contributed by atoms with Gasteiger partial charge >= 0.3 is 15.0 Å². The van der Waals surface area contributed by atoms with Crippen LogP contribution in [0, 0.1) is 13.8 Å². The molecule has 2 radical (unpaired) electrons. The quantitative estimate of drug-likeness (QED) is 0.448. The molecule has 3 aromatic rings. The maximum absolute atomic E-state index is 6.20. The molecular formula is C24H26B2Cl2N2O2. The van der Waals surface area contributed by atoms with Crippen molar-refractivity contribution in [2.24, 2.45) is 11.5 Å². The van der Waals surface area contributed by atoms with Gasteiger partial charge in [-0.1, -0.05) is 82.7 Å². The summed E-state index contributed by atoms with van der Waals surface area (Å²) in [6, 6.07) is 18.9. The number of nitrogens with two attached hydrogens (primary N) is 2. The van der Waals surface area contributed by atoms with E-state index in [1.54, 1.807) is 15.0 Å². The summed E-state index contributed by atoms with van der Waals surface area (Å²) in [4.78, 5) is 0. The van der Waals surface area contributed by atoms with Gasteiger partial charge in [0.25, 0.3) is 0 Å². The Morgan fingerprint density at radius 1 is 0.688 bits per heavy atom. The minimum atomic E-state index is -0.252. The zero-order valence-corrected chi connectivity index (χ0v) is 19.7. The molecule has 0 saturated carbocycles. The second kappa shape index (κ2) is 11.9. The zero-order valence-electron chi connectivity index (χ0n) is 18.2. The van der Waals surface area contributed by atoms with Gasteiger partial charge in [-0.3, -0.25) is 0 Å². The van der Waals surface area contributed by atoms with E-state index in [2.05, 4.69) is 0 Å². The van der Waals surface area contributed by atoms with Crippen molar-refractivity contribution >= 4 is 49.1 Å². The highest BCUT2D eigenvalue weighted by Gasteiger charge is 2.10. The predicted molar refractivity (Wildman–Crippen MR) is 135 cm³/mol. The Morgan fingerprint density at radius 2 is 1.06 bits per heavy atom. The van der Waals surface area contributed by atoms with Crippen molar-refractivity contribution in [3.8, 4) is 0 Å². The normalized spacial score (nSPS) is 12.9. The van der Waals surface area contributed by atoms with Gasteiger partial charge in [0.05, 0.1) is 12.1 Å². The summed E-state index contributed by atoms with van der Waals surface area (Å²) in [5.41, 5.74) is 18.2. The molecule has 32 heavy (non-hydrogen) atoms. The fraction of sp³-hybridized carbons (Fsp3) is 0.250. The summed E-state index contributed by atoms with van der Waals surface area (Å²) < 4.78 is 11.3. The minimum Gasteiger partial charge on any atom is -0.432 e. The van der Waals surface area contributed by atoms with Gasteiger partial charge in [0.2, 0.25) is 0 Å². The van der Waals surface area contributed by atoms with Crippen LogP contribution in [0.2, 0.25) is 10.0 Å². The standard InChI is InChI=1S/C24H26B2Cl2N2O2/c1-15-3-5-17(11-21(15)27)23(29)13-31-25-19-7-9-20(10-8-19)26-32-14-24(30)18-6-4-16(2)22(28)12-18/h3-12,23-24H,13-14,29-30H2,1-2H3. The lowest BCUT2D eigenvalue weighted by atomic mass is 9.82. The van der Waals surface area contributed by atoms with E-state index in [1.807, 2.05) is 74.5 Å². The predicted octanol–water partition coefficient (Wildman–Crippen LogP) is 3.53. The van der Waals surface area contributed by atoms with Gasteiger partial charge in [-0.15, -0.1) is 0 Å². The van der Waals surface area contributed by atoms with Crippen molar-refractivity contribution in [1.82, 2.24) is 0 Å². The summed E-state index contributed by atoms with van der Waals surface area (Å²) in [6.07, 6.45) is 0. The van der Waals surface area contributed by atoms with Crippen LogP contribution in [0.4, 0.5) is 0 Å². The molecule has 0 bridgehead atoms.